The second kappa shape index (κ2) is 6.20. The third-order valence-electron chi connectivity index (χ3n) is 3.86. The van der Waals surface area contributed by atoms with Crippen LogP contribution in [0.2, 0.25) is 0 Å². The molecular formula is C15H17F2NO3. The quantitative estimate of drug-likeness (QED) is 0.933. The lowest BCUT2D eigenvalue weighted by atomic mass is 9.93. The number of likely N-dealkylation sites (tertiary alicyclic amines) is 1. The summed E-state index contributed by atoms with van der Waals surface area (Å²) in [6.45, 7) is 2.12. The normalized spacial score (nSPS) is 16.0. The number of rotatable bonds is 3. The van der Waals surface area contributed by atoms with Crippen molar-refractivity contribution in [3.05, 3.63) is 34.9 Å². The number of aryl methyl sites for hydroxylation is 1. The summed E-state index contributed by atoms with van der Waals surface area (Å²) in [6.07, 6.45) is 1.13. The molecule has 1 N–H and O–H groups in total. The Kier molecular flexibility index (Phi) is 4.55. The zero-order valence-corrected chi connectivity index (χ0v) is 11.7. The minimum atomic E-state index is -0.865. The van der Waals surface area contributed by atoms with Crippen molar-refractivity contribution in [2.45, 2.75) is 26.2 Å². The van der Waals surface area contributed by atoms with E-state index in [9.17, 15) is 18.4 Å². The molecular weight excluding hydrogens is 280 g/mol. The first kappa shape index (κ1) is 15.4. The molecule has 1 amide bonds. The van der Waals surface area contributed by atoms with Crippen LogP contribution in [0.4, 0.5) is 8.78 Å². The van der Waals surface area contributed by atoms with E-state index >= 15 is 0 Å². The molecule has 0 unspecified atom stereocenters. The van der Waals surface area contributed by atoms with Crippen molar-refractivity contribution in [3.8, 4) is 0 Å². The highest BCUT2D eigenvalue weighted by Crippen LogP contribution is 2.24. The summed E-state index contributed by atoms with van der Waals surface area (Å²) in [5.41, 5.74) is -0.299. The topological polar surface area (TPSA) is 57.6 Å². The largest absolute Gasteiger partial charge is 0.481 e. The van der Waals surface area contributed by atoms with Gasteiger partial charge in [-0.05, 0) is 37.3 Å². The Balaban J connectivity index is 2.09. The van der Waals surface area contributed by atoms with Gasteiger partial charge in [-0.2, -0.15) is 0 Å². The van der Waals surface area contributed by atoms with Crippen molar-refractivity contribution in [3.63, 3.8) is 0 Å². The molecule has 1 aliphatic heterocycles. The highest BCUT2D eigenvalue weighted by atomic mass is 19.1. The molecule has 1 saturated heterocycles. The van der Waals surface area contributed by atoms with E-state index in [0.29, 0.717) is 25.9 Å². The van der Waals surface area contributed by atoms with Crippen LogP contribution >= 0.6 is 0 Å². The van der Waals surface area contributed by atoms with Gasteiger partial charge in [-0.3, -0.25) is 9.59 Å². The van der Waals surface area contributed by atoms with Crippen LogP contribution in [0.1, 0.15) is 35.2 Å². The Bertz CT molecular complexity index is 566. The fourth-order valence-corrected chi connectivity index (χ4v) is 2.60. The van der Waals surface area contributed by atoms with Gasteiger partial charge in [0.25, 0.3) is 5.91 Å². The molecule has 0 spiro atoms. The minimum Gasteiger partial charge on any atom is -0.481 e. The number of aliphatic carboxylic acids is 1. The lowest BCUT2D eigenvalue weighted by Crippen LogP contribution is -2.39. The third-order valence-corrected chi connectivity index (χ3v) is 3.86. The summed E-state index contributed by atoms with van der Waals surface area (Å²) in [4.78, 5) is 24.3. The Hall–Kier alpha value is -1.98. The average Bonchev–Trinajstić information content (AvgIpc) is 2.43. The first-order chi connectivity index (χ1) is 9.90. The van der Waals surface area contributed by atoms with Gasteiger partial charge in [0.2, 0.25) is 0 Å². The number of carboxylic acid groups (broad SMARTS) is 1. The van der Waals surface area contributed by atoms with E-state index in [1.54, 1.807) is 0 Å². The zero-order valence-electron chi connectivity index (χ0n) is 11.7. The molecule has 1 aromatic carbocycles. The van der Waals surface area contributed by atoms with Gasteiger partial charge in [-0.25, -0.2) is 8.78 Å². The number of halogens is 2. The monoisotopic (exact) mass is 297 g/mol. The van der Waals surface area contributed by atoms with Gasteiger partial charge in [0.15, 0.2) is 0 Å². The maximum Gasteiger partial charge on any atom is 0.303 e. The van der Waals surface area contributed by atoms with Crippen molar-refractivity contribution in [2.75, 3.05) is 13.1 Å². The van der Waals surface area contributed by atoms with Crippen LogP contribution in [0.3, 0.4) is 0 Å². The van der Waals surface area contributed by atoms with E-state index in [4.69, 9.17) is 5.11 Å². The summed E-state index contributed by atoms with van der Waals surface area (Å²) >= 11 is 0. The predicted molar refractivity (Wildman–Crippen MR) is 72.0 cm³/mol. The fraction of sp³-hybridized carbons (Fsp3) is 0.467. The predicted octanol–water partition coefficient (Wildman–Crippen LogP) is 2.60. The SMILES string of the molecule is Cc1ccc(F)c(C(=O)N2CCC(CC(=O)O)CC2)c1F. The summed E-state index contributed by atoms with van der Waals surface area (Å²) < 4.78 is 27.7. The lowest BCUT2D eigenvalue weighted by molar-refractivity contribution is -0.138. The van der Waals surface area contributed by atoms with Crippen molar-refractivity contribution in [2.24, 2.45) is 5.92 Å². The van der Waals surface area contributed by atoms with E-state index in [-0.39, 0.29) is 17.9 Å². The highest BCUT2D eigenvalue weighted by molar-refractivity contribution is 5.95. The first-order valence-electron chi connectivity index (χ1n) is 6.85. The Morgan fingerprint density at radius 3 is 2.48 bits per heavy atom. The molecule has 1 aliphatic rings. The summed E-state index contributed by atoms with van der Waals surface area (Å²) in [5, 5.41) is 8.74. The molecule has 1 aromatic rings. The van der Waals surface area contributed by atoms with Gasteiger partial charge in [0.1, 0.15) is 17.2 Å². The Morgan fingerprint density at radius 1 is 1.29 bits per heavy atom. The number of carbonyl (C=O) groups excluding carboxylic acids is 1. The molecule has 1 fully saturated rings. The molecule has 2 rings (SSSR count). The Labute approximate surface area is 121 Å². The molecule has 0 aliphatic carbocycles. The van der Waals surface area contributed by atoms with Gasteiger partial charge in [-0.15, -0.1) is 0 Å². The van der Waals surface area contributed by atoms with Gasteiger partial charge in [0.05, 0.1) is 0 Å². The van der Waals surface area contributed by atoms with Crippen LogP contribution in [0.15, 0.2) is 12.1 Å². The van der Waals surface area contributed by atoms with Crippen LogP contribution in [-0.2, 0) is 4.79 Å². The molecule has 0 radical (unpaired) electrons. The molecule has 0 atom stereocenters. The molecule has 114 valence electrons. The third kappa shape index (κ3) is 3.37. The van der Waals surface area contributed by atoms with Gasteiger partial charge in [0, 0.05) is 19.5 Å². The fourth-order valence-electron chi connectivity index (χ4n) is 2.60. The maximum atomic E-state index is 14.0. The van der Waals surface area contributed by atoms with E-state index in [1.807, 2.05) is 0 Å². The number of hydrogen-bond acceptors (Lipinski definition) is 2. The Morgan fingerprint density at radius 2 is 1.90 bits per heavy atom. The van der Waals surface area contributed by atoms with Crippen molar-refractivity contribution < 1.29 is 23.5 Å². The van der Waals surface area contributed by atoms with Gasteiger partial charge < -0.3 is 10.0 Å². The van der Waals surface area contributed by atoms with Crippen LogP contribution in [-0.4, -0.2) is 35.0 Å². The number of hydrogen-bond donors (Lipinski definition) is 1. The van der Waals surface area contributed by atoms with Gasteiger partial charge >= 0.3 is 5.97 Å². The average molecular weight is 297 g/mol. The number of benzene rings is 1. The van der Waals surface area contributed by atoms with Crippen LogP contribution in [0.5, 0.6) is 0 Å². The number of amides is 1. The first-order valence-corrected chi connectivity index (χ1v) is 6.85. The number of nitrogens with zero attached hydrogens (tertiary/aromatic N) is 1. The summed E-state index contributed by atoms with van der Waals surface area (Å²) in [6, 6.07) is 2.38. The van der Waals surface area contributed by atoms with E-state index in [0.717, 1.165) is 6.07 Å². The minimum absolute atomic E-state index is 0.0127. The zero-order chi connectivity index (χ0) is 15.6. The van der Waals surface area contributed by atoms with E-state index in [1.165, 1.54) is 17.9 Å². The molecule has 6 heteroatoms. The van der Waals surface area contributed by atoms with Crippen molar-refractivity contribution >= 4 is 11.9 Å². The maximum absolute atomic E-state index is 14.0. The number of carbonyl (C=O) groups is 2. The molecule has 1 heterocycles. The van der Waals surface area contributed by atoms with Crippen LogP contribution in [0.25, 0.3) is 0 Å². The van der Waals surface area contributed by atoms with Crippen LogP contribution in [0, 0.1) is 24.5 Å². The van der Waals surface area contributed by atoms with Crippen LogP contribution < -0.4 is 0 Å². The lowest BCUT2D eigenvalue weighted by Gasteiger charge is -2.31. The number of carboxylic acids is 1. The van der Waals surface area contributed by atoms with E-state index in [2.05, 4.69) is 0 Å². The van der Waals surface area contributed by atoms with Gasteiger partial charge in [-0.1, -0.05) is 6.07 Å². The van der Waals surface area contributed by atoms with Crippen molar-refractivity contribution in [1.82, 2.24) is 4.90 Å². The van der Waals surface area contributed by atoms with E-state index < -0.39 is 29.1 Å². The standard InChI is InChI=1S/C15H17F2NO3/c1-9-2-3-11(16)13(14(9)17)15(21)18-6-4-10(5-7-18)8-12(19)20/h2-3,10H,4-8H2,1H3,(H,19,20). The number of piperidine rings is 1. The second-order valence-corrected chi connectivity index (χ2v) is 5.39. The summed E-state index contributed by atoms with van der Waals surface area (Å²) in [7, 11) is 0. The van der Waals surface area contributed by atoms with Crippen molar-refractivity contribution in [1.29, 1.82) is 0 Å². The smallest absolute Gasteiger partial charge is 0.303 e. The molecule has 0 aromatic heterocycles. The molecule has 0 saturated carbocycles. The molecule has 0 bridgehead atoms. The highest BCUT2D eigenvalue weighted by Gasteiger charge is 2.28. The summed E-state index contributed by atoms with van der Waals surface area (Å²) in [5.74, 6) is -3.21. The molecule has 21 heavy (non-hydrogen) atoms. The molecule has 4 nitrogen and oxygen atoms in total. The second-order valence-electron chi connectivity index (χ2n) is 5.39.